The van der Waals surface area contributed by atoms with Crippen LogP contribution in [-0.2, 0) is 0 Å². The van der Waals surface area contributed by atoms with E-state index in [-0.39, 0.29) is 11.5 Å². The second-order valence-electron chi connectivity index (χ2n) is 6.63. The summed E-state index contributed by atoms with van der Waals surface area (Å²) < 4.78 is 0. The highest BCUT2D eigenvalue weighted by molar-refractivity contribution is 5.21. The lowest BCUT2D eigenvalue weighted by molar-refractivity contribution is 0.0546. The number of rotatable bonds is 5. The summed E-state index contributed by atoms with van der Waals surface area (Å²) in [5.74, 6) is 0. The van der Waals surface area contributed by atoms with E-state index in [0.29, 0.717) is 6.04 Å². The number of aliphatic hydroxyl groups is 1. The molecule has 1 aliphatic heterocycles. The van der Waals surface area contributed by atoms with Crippen LogP contribution >= 0.6 is 0 Å². The molecule has 0 saturated carbocycles. The second kappa shape index (κ2) is 6.70. The van der Waals surface area contributed by atoms with Crippen LogP contribution in [0.15, 0.2) is 30.3 Å². The van der Waals surface area contributed by atoms with Gasteiger partial charge in [0.15, 0.2) is 0 Å². The van der Waals surface area contributed by atoms with E-state index in [0.717, 1.165) is 32.5 Å². The van der Waals surface area contributed by atoms with E-state index in [1.165, 1.54) is 5.56 Å². The van der Waals surface area contributed by atoms with Gasteiger partial charge in [0.25, 0.3) is 0 Å². The van der Waals surface area contributed by atoms with Crippen LogP contribution in [0.2, 0.25) is 0 Å². The van der Waals surface area contributed by atoms with Crippen molar-refractivity contribution in [3.8, 4) is 0 Å². The van der Waals surface area contributed by atoms with Crippen LogP contribution in [0.1, 0.15) is 38.3 Å². The van der Waals surface area contributed by atoms with Crippen molar-refractivity contribution in [2.75, 3.05) is 26.7 Å². The van der Waals surface area contributed by atoms with Crippen molar-refractivity contribution in [3.63, 3.8) is 0 Å². The molecule has 1 aliphatic rings. The van der Waals surface area contributed by atoms with Crippen molar-refractivity contribution in [3.05, 3.63) is 35.9 Å². The van der Waals surface area contributed by atoms with Crippen LogP contribution in [-0.4, -0.2) is 42.8 Å². The number of nitrogens with zero attached hydrogens (tertiary/aromatic N) is 1. The van der Waals surface area contributed by atoms with Gasteiger partial charge in [0, 0.05) is 25.7 Å². The molecule has 1 aromatic carbocycles. The number of nitrogens with one attached hydrogen (secondary N) is 1. The largest absolute Gasteiger partial charge is 0.393 e. The third-order valence-electron chi connectivity index (χ3n) is 4.39. The van der Waals surface area contributed by atoms with Gasteiger partial charge in [-0.15, -0.1) is 0 Å². The summed E-state index contributed by atoms with van der Waals surface area (Å²) in [6.45, 7) is 7.73. The molecule has 0 spiro atoms. The van der Waals surface area contributed by atoms with Gasteiger partial charge in [-0.1, -0.05) is 44.2 Å². The van der Waals surface area contributed by atoms with Gasteiger partial charge in [-0.25, -0.2) is 0 Å². The molecule has 0 aromatic heterocycles. The summed E-state index contributed by atoms with van der Waals surface area (Å²) in [5, 5.41) is 13.1. The topological polar surface area (TPSA) is 35.5 Å². The lowest BCUT2D eigenvalue weighted by Crippen LogP contribution is -2.45. The minimum atomic E-state index is -0.0939. The highest BCUT2D eigenvalue weighted by atomic mass is 16.3. The van der Waals surface area contributed by atoms with Crippen LogP contribution in [0.5, 0.6) is 0 Å². The van der Waals surface area contributed by atoms with Crippen molar-refractivity contribution in [2.45, 2.75) is 38.8 Å². The molecule has 0 bridgehead atoms. The highest BCUT2D eigenvalue weighted by Crippen LogP contribution is 2.34. The summed E-state index contributed by atoms with van der Waals surface area (Å²) in [6, 6.07) is 11.0. The van der Waals surface area contributed by atoms with Crippen LogP contribution < -0.4 is 5.32 Å². The Morgan fingerprint density at radius 3 is 2.40 bits per heavy atom. The molecule has 1 aromatic rings. The number of aliphatic hydroxyl groups excluding tert-OH is 1. The van der Waals surface area contributed by atoms with Crippen molar-refractivity contribution in [1.82, 2.24) is 10.2 Å². The van der Waals surface area contributed by atoms with Crippen LogP contribution in [0.3, 0.4) is 0 Å². The molecule has 0 amide bonds. The molecule has 3 heteroatoms. The zero-order chi connectivity index (χ0) is 14.6. The van der Waals surface area contributed by atoms with E-state index in [4.69, 9.17) is 0 Å². The fourth-order valence-electron chi connectivity index (χ4n) is 3.40. The SMILES string of the molecule is CNC(c1ccccc1)C(C)(C)CN1CCC(O)CC1. The van der Waals surface area contributed by atoms with E-state index in [2.05, 4.69) is 54.4 Å². The maximum Gasteiger partial charge on any atom is 0.0564 e. The number of benzene rings is 1. The molecule has 20 heavy (non-hydrogen) atoms. The van der Waals surface area contributed by atoms with Gasteiger partial charge in [-0.3, -0.25) is 0 Å². The monoisotopic (exact) mass is 276 g/mol. The maximum atomic E-state index is 9.62. The van der Waals surface area contributed by atoms with Gasteiger partial charge in [0.05, 0.1) is 6.10 Å². The maximum absolute atomic E-state index is 9.62. The van der Waals surface area contributed by atoms with Crippen molar-refractivity contribution >= 4 is 0 Å². The van der Waals surface area contributed by atoms with E-state index in [1.54, 1.807) is 0 Å². The van der Waals surface area contributed by atoms with E-state index < -0.39 is 0 Å². The fraction of sp³-hybridized carbons (Fsp3) is 0.647. The van der Waals surface area contributed by atoms with E-state index >= 15 is 0 Å². The molecule has 0 aliphatic carbocycles. The van der Waals surface area contributed by atoms with E-state index in [1.807, 2.05) is 7.05 Å². The molecule has 2 N–H and O–H groups in total. The van der Waals surface area contributed by atoms with Gasteiger partial charge in [-0.05, 0) is 30.9 Å². The first-order valence-electron chi connectivity index (χ1n) is 7.65. The number of hydrogen-bond donors (Lipinski definition) is 2. The Morgan fingerprint density at radius 1 is 1.25 bits per heavy atom. The van der Waals surface area contributed by atoms with Gasteiger partial charge in [-0.2, -0.15) is 0 Å². The van der Waals surface area contributed by atoms with Crippen molar-refractivity contribution in [1.29, 1.82) is 0 Å². The summed E-state index contributed by atoms with van der Waals surface area (Å²) in [6.07, 6.45) is 1.72. The standard InChI is InChI=1S/C17H28N2O/c1-17(2,13-19-11-9-15(20)10-12-19)16(18-3)14-7-5-4-6-8-14/h4-8,15-16,18,20H,9-13H2,1-3H3. The molecule has 1 heterocycles. The first-order chi connectivity index (χ1) is 9.53. The molecular weight excluding hydrogens is 248 g/mol. The minimum absolute atomic E-state index is 0.0939. The summed E-state index contributed by atoms with van der Waals surface area (Å²) in [5.41, 5.74) is 1.50. The summed E-state index contributed by atoms with van der Waals surface area (Å²) >= 11 is 0. The second-order valence-corrected chi connectivity index (χ2v) is 6.63. The average Bonchev–Trinajstić information content (AvgIpc) is 2.43. The predicted molar refractivity (Wildman–Crippen MR) is 83.7 cm³/mol. The summed E-state index contributed by atoms with van der Waals surface area (Å²) in [4.78, 5) is 2.49. The molecule has 0 radical (unpaired) electrons. The van der Waals surface area contributed by atoms with Crippen LogP contribution in [0.25, 0.3) is 0 Å². The first-order valence-corrected chi connectivity index (χ1v) is 7.65. The zero-order valence-electron chi connectivity index (χ0n) is 13.0. The Hall–Kier alpha value is -0.900. The normalized spacial score (nSPS) is 20.0. The zero-order valence-corrected chi connectivity index (χ0v) is 13.0. The number of piperidine rings is 1. The Labute approximate surface area is 123 Å². The van der Waals surface area contributed by atoms with Crippen LogP contribution in [0, 0.1) is 5.41 Å². The lowest BCUT2D eigenvalue weighted by Gasteiger charge is -2.41. The smallest absolute Gasteiger partial charge is 0.0564 e. The molecule has 3 nitrogen and oxygen atoms in total. The lowest BCUT2D eigenvalue weighted by atomic mass is 9.79. The molecule has 112 valence electrons. The Bertz CT molecular complexity index is 397. The number of hydrogen-bond acceptors (Lipinski definition) is 3. The summed E-state index contributed by atoms with van der Waals surface area (Å²) in [7, 11) is 2.04. The molecule has 1 unspecified atom stereocenters. The molecule has 1 saturated heterocycles. The Kier molecular flexibility index (Phi) is 5.19. The average molecular weight is 276 g/mol. The van der Waals surface area contributed by atoms with Crippen molar-refractivity contribution in [2.24, 2.45) is 5.41 Å². The third-order valence-corrected chi connectivity index (χ3v) is 4.39. The first kappa shape index (κ1) is 15.5. The van der Waals surface area contributed by atoms with Gasteiger partial charge < -0.3 is 15.3 Å². The molecule has 1 atom stereocenters. The minimum Gasteiger partial charge on any atom is -0.393 e. The Balaban J connectivity index is 2.04. The van der Waals surface area contributed by atoms with Gasteiger partial charge in [0.1, 0.15) is 0 Å². The fourth-order valence-corrected chi connectivity index (χ4v) is 3.40. The highest BCUT2D eigenvalue weighted by Gasteiger charge is 2.32. The Morgan fingerprint density at radius 2 is 1.85 bits per heavy atom. The van der Waals surface area contributed by atoms with E-state index in [9.17, 15) is 5.11 Å². The number of likely N-dealkylation sites (tertiary alicyclic amines) is 1. The van der Waals surface area contributed by atoms with Crippen molar-refractivity contribution < 1.29 is 5.11 Å². The van der Waals surface area contributed by atoms with Gasteiger partial charge >= 0.3 is 0 Å². The van der Waals surface area contributed by atoms with Gasteiger partial charge in [0.2, 0.25) is 0 Å². The quantitative estimate of drug-likeness (QED) is 0.867. The third kappa shape index (κ3) is 3.81. The molecule has 2 rings (SSSR count). The molecular formula is C17H28N2O. The molecule has 1 fully saturated rings. The predicted octanol–water partition coefficient (Wildman–Crippen LogP) is 2.43. The van der Waals surface area contributed by atoms with Crippen LogP contribution in [0.4, 0.5) is 0 Å².